The first-order valence-electron chi connectivity index (χ1n) is 5.95. The van der Waals surface area contributed by atoms with Crippen LogP contribution in [0.25, 0.3) is 11.3 Å². The molecule has 18 heavy (non-hydrogen) atoms. The fourth-order valence-electron chi connectivity index (χ4n) is 1.98. The average Bonchev–Trinajstić information content (AvgIpc) is 2.68. The third-order valence-corrected chi connectivity index (χ3v) is 3.17. The van der Waals surface area contributed by atoms with Gasteiger partial charge >= 0.3 is 0 Å². The van der Waals surface area contributed by atoms with Gasteiger partial charge in [-0.1, -0.05) is 0 Å². The van der Waals surface area contributed by atoms with Crippen molar-refractivity contribution in [1.82, 2.24) is 9.55 Å². The molecule has 2 rings (SSSR count). The lowest BCUT2D eigenvalue weighted by Gasteiger charge is -2.03. The van der Waals surface area contributed by atoms with Crippen LogP contribution in [0.5, 0.6) is 5.75 Å². The van der Waals surface area contributed by atoms with E-state index >= 15 is 0 Å². The van der Waals surface area contributed by atoms with Gasteiger partial charge in [-0.15, -0.1) is 0 Å². The van der Waals surface area contributed by atoms with Crippen LogP contribution in [-0.2, 0) is 13.5 Å². The van der Waals surface area contributed by atoms with E-state index in [1.54, 1.807) is 7.11 Å². The summed E-state index contributed by atoms with van der Waals surface area (Å²) in [6, 6.07) is 7.85. The number of hydrogen-bond donors (Lipinski definition) is 1. The van der Waals surface area contributed by atoms with E-state index in [9.17, 15) is 0 Å². The van der Waals surface area contributed by atoms with Crippen molar-refractivity contribution >= 4 is 0 Å². The summed E-state index contributed by atoms with van der Waals surface area (Å²) >= 11 is 0. The lowest BCUT2D eigenvalue weighted by Crippen LogP contribution is -2.01. The number of aliphatic hydroxyl groups excluding tert-OH is 1. The van der Waals surface area contributed by atoms with E-state index in [-0.39, 0.29) is 6.61 Å². The highest BCUT2D eigenvalue weighted by atomic mass is 16.5. The molecule has 0 amide bonds. The van der Waals surface area contributed by atoms with Gasteiger partial charge in [-0.05, 0) is 31.2 Å². The highest BCUT2D eigenvalue weighted by Gasteiger charge is 2.12. The number of benzene rings is 1. The van der Waals surface area contributed by atoms with Crippen LogP contribution in [0.1, 0.15) is 11.5 Å². The summed E-state index contributed by atoms with van der Waals surface area (Å²) < 4.78 is 7.17. The molecule has 0 fully saturated rings. The molecule has 4 heteroatoms. The molecule has 0 saturated carbocycles. The Balaban J connectivity index is 2.40. The standard InChI is InChI=1S/C14H18N2O2/c1-10-14(15-13(8-9-17)16(10)2)11-4-6-12(18-3)7-5-11/h4-7,17H,8-9H2,1-3H3. The number of aliphatic hydroxyl groups is 1. The molecule has 0 radical (unpaired) electrons. The first-order chi connectivity index (χ1) is 8.67. The minimum absolute atomic E-state index is 0.117. The van der Waals surface area contributed by atoms with Gasteiger partial charge in [0.05, 0.1) is 19.4 Å². The van der Waals surface area contributed by atoms with Gasteiger partial charge in [-0.25, -0.2) is 4.98 Å². The first-order valence-corrected chi connectivity index (χ1v) is 5.95. The van der Waals surface area contributed by atoms with Crippen molar-refractivity contribution in [2.24, 2.45) is 7.05 Å². The summed E-state index contributed by atoms with van der Waals surface area (Å²) in [6.45, 7) is 2.15. The summed E-state index contributed by atoms with van der Waals surface area (Å²) in [7, 11) is 3.63. The molecule has 96 valence electrons. The normalized spacial score (nSPS) is 10.7. The molecule has 0 aliphatic carbocycles. The van der Waals surface area contributed by atoms with Gasteiger partial charge in [0.15, 0.2) is 0 Å². The largest absolute Gasteiger partial charge is 0.497 e. The molecule has 0 bridgehead atoms. The fourth-order valence-corrected chi connectivity index (χ4v) is 1.98. The fraction of sp³-hybridized carbons (Fsp3) is 0.357. The Morgan fingerprint density at radius 2 is 1.94 bits per heavy atom. The first kappa shape index (κ1) is 12.6. The third kappa shape index (κ3) is 2.24. The molecular weight excluding hydrogens is 228 g/mol. The van der Waals surface area contributed by atoms with Crippen LogP contribution in [0.4, 0.5) is 0 Å². The monoisotopic (exact) mass is 246 g/mol. The number of rotatable bonds is 4. The van der Waals surface area contributed by atoms with E-state index in [4.69, 9.17) is 9.84 Å². The molecule has 1 aromatic carbocycles. The second-order valence-electron chi connectivity index (χ2n) is 4.22. The summed E-state index contributed by atoms with van der Waals surface area (Å²) in [5, 5.41) is 9.01. The zero-order valence-electron chi connectivity index (χ0n) is 11.0. The topological polar surface area (TPSA) is 47.3 Å². The van der Waals surface area contributed by atoms with Gasteiger partial charge in [-0.3, -0.25) is 0 Å². The Morgan fingerprint density at radius 1 is 1.28 bits per heavy atom. The van der Waals surface area contributed by atoms with Crippen LogP contribution in [0.15, 0.2) is 24.3 Å². The molecular formula is C14H18N2O2. The highest BCUT2D eigenvalue weighted by molar-refractivity contribution is 5.63. The van der Waals surface area contributed by atoms with Gasteiger partial charge in [0.25, 0.3) is 0 Å². The van der Waals surface area contributed by atoms with E-state index in [0.717, 1.165) is 28.5 Å². The van der Waals surface area contributed by atoms with Crippen molar-refractivity contribution in [3.05, 3.63) is 35.8 Å². The average molecular weight is 246 g/mol. The van der Waals surface area contributed by atoms with Crippen LogP contribution in [0.3, 0.4) is 0 Å². The highest BCUT2D eigenvalue weighted by Crippen LogP contribution is 2.25. The molecule has 0 spiro atoms. The van der Waals surface area contributed by atoms with Gasteiger partial charge in [0, 0.05) is 24.7 Å². The van der Waals surface area contributed by atoms with Crippen LogP contribution in [0, 0.1) is 6.92 Å². The molecule has 0 aliphatic heterocycles. The van der Waals surface area contributed by atoms with Crippen molar-refractivity contribution in [2.45, 2.75) is 13.3 Å². The molecule has 1 aromatic heterocycles. The second kappa shape index (κ2) is 5.23. The number of hydrogen-bond acceptors (Lipinski definition) is 3. The van der Waals surface area contributed by atoms with E-state index in [0.29, 0.717) is 6.42 Å². The number of nitrogens with zero attached hydrogens (tertiary/aromatic N) is 2. The zero-order chi connectivity index (χ0) is 13.1. The lowest BCUT2D eigenvalue weighted by atomic mass is 10.1. The van der Waals surface area contributed by atoms with Crippen LogP contribution in [-0.4, -0.2) is 28.4 Å². The van der Waals surface area contributed by atoms with E-state index in [1.807, 2.05) is 42.8 Å². The van der Waals surface area contributed by atoms with E-state index in [2.05, 4.69) is 4.98 Å². The second-order valence-corrected chi connectivity index (χ2v) is 4.22. The number of aromatic nitrogens is 2. The van der Waals surface area contributed by atoms with Gasteiger partial charge in [0.1, 0.15) is 11.6 Å². The maximum absolute atomic E-state index is 9.01. The number of ether oxygens (including phenoxy) is 1. The molecule has 0 aliphatic rings. The predicted molar refractivity (Wildman–Crippen MR) is 70.7 cm³/mol. The van der Waals surface area contributed by atoms with Gasteiger partial charge < -0.3 is 14.4 Å². The Hall–Kier alpha value is -1.81. The minimum Gasteiger partial charge on any atom is -0.497 e. The van der Waals surface area contributed by atoms with Crippen LogP contribution in [0.2, 0.25) is 0 Å². The molecule has 0 atom stereocenters. The molecule has 2 aromatic rings. The van der Waals surface area contributed by atoms with Gasteiger partial charge in [0.2, 0.25) is 0 Å². The quantitative estimate of drug-likeness (QED) is 0.896. The Kier molecular flexibility index (Phi) is 3.67. The Labute approximate surface area is 107 Å². The summed E-state index contributed by atoms with van der Waals surface area (Å²) in [5.41, 5.74) is 3.13. The summed E-state index contributed by atoms with van der Waals surface area (Å²) in [4.78, 5) is 4.59. The van der Waals surface area contributed by atoms with E-state index < -0.39 is 0 Å². The molecule has 1 N–H and O–H groups in total. The van der Waals surface area contributed by atoms with Crippen LogP contribution < -0.4 is 4.74 Å². The van der Waals surface area contributed by atoms with Crippen molar-refractivity contribution < 1.29 is 9.84 Å². The summed E-state index contributed by atoms with van der Waals surface area (Å²) in [5.74, 6) is 1.74. The predicted octanol–water partition coefficient (Wildman–Crippen LogP) is 1.94. The number of methoxy groups -OCH3 is 1. The van der Waals surface area contributed by atoms with Crippen molar-refractivity contribution in [3.8, 4) is 17.0 Å². The third-order valence-electron chi connectivity index (χ3n) is 3.17. The Morgan fingerprint density at radius 3 is 2.50 bits per heavy atom. The maximum Gasteiger partial charge on any atom is 0.118 e. The van der Waals surface area contributed by atoms with Crippen molar-refractivity contribution in [2.75, 3.05) is 13.7 Å². The number of imidazole rings is 1. The molecule has 0 unspecified atom stereocenters. The molecule has 4 nitrogen and oxygen atoms in total. The molecule has 0 saturated heterocycles. The van der Waals surface area contributed by atoms with E-state index in [1.165, 1.54) is 0 Å². The maximum atomic E-state index is 9.01. The lowest BCUT2D eigenvalue weighted by molar-refractivity contribution is 0.295. The summed E-state index contributed by atoms with van der Waals surface area (Å²) in [6.07, 6.45) is 0.577. The van der Waals surface area contributed by atoms with Crippen LogP contribution >= 0.6 is 0 Å². The smallest absolute Gasteiger partial charge is 0.118 e. The van der Waals surface area contributed by atoms with Crippen molar-refractivity contribution in [1.29, 1.82) is 0 Å². The SMILES string of the molecule is COc1ccc(-c2nc(CCO)n(C)c2C)cc1. The zero-order valence-corrected chi connectivity index (χ0v) is 11.0. The minimum atomic E-state index is 0.117. The van der Waals surface area contributed by atoms with Crippen molar-refractivity contribution in [3.63, 3.8) is 0 Å². The Bertz CT molecular complexity index is 529. The molecule has 1 heterocycles. The van der Waals surface area contributed by atoms with Gasteiger partial charge in [-0.2, -0.15) is 0 Å².